The van der Waals surface area contributed by atoms with Gasteiger partial charge in [0.05, 0.1) is 32.4 Å². The summed E-state index contributed by atoms with van der Waals surface area (Å²) in [7, 11) is 0. The molecule has 134 valence electrons. The van der Waals surface area contributed by atoms with E-state index in [1.165, 1.54) is 16.0 Å². The quantitative estimate of drug-likeness (QED) is 0.783. The average Bonchev–Trinajstić information content (AvgIpc) is 3.34. The third kappa shape index (κ3) is 4.49. The first-order valence-electron chi connectivity index (χ1n) is 8.62. The summed E-state index contributed by atoms with van der Waals surface area (Å²) in [6.07, 6.45) is 2.38. The van der Waals surface area contributed by atoms with Gasteiger partial charge in [-0.3, -0.25) is 9.59 Å². The van der Waals surface area contributed by atoms with Gasteiger partial charge in [-0.1, -0.05) is 6.07 Å². The Morgan fingerprint density at radius 2 is 2.12 bits per heavy atom. The molecule has 1 saturated heterocycles. The standard InChI is InChI=1S/C18H23N3O3S/c1-14(17(22)19-7-6-15-4-3-13-25-15)20-8-10-21(11-9-20)18(23)16-5-2-12-24-16/h2-5,12-14H,6-11H2,1H3,(H,19,22)/p+1/t14-/m0/s1. The molecule has 2 N–H and O–H groups in total. The van der Waals surface area contributed by atoms with E-state index in [0.717, 1.165) is 19.5 Å². The number of nitrogens with one attached hydrogen (secondary N) is 2. The molecular weight excluding hydrogens is 338 g/mol. The Balaban J connectivity index is 1.42. The minimum absolute atomic E-state index is 0.0721. The van der Waals surface area contributed by atoms with Gasteiger partial charge in [0.15, 0.2) is 11.8 Å². The second kappa shape index (κ2) is 8.31. The van der Waals surface area contributed by atoms with Gasteiger partial charge in [0.1, 0.15) is 0 Å². The summed E-state index contributed by atoms with van der Waals surface area (Å²) in [6.45, 7) is 5.45. The number of carbonyl (C=O) groups is 2. The highest BCUT2D eigenvalue weighted by molar-refractivity contribution is 7.09. The first-order valence-corrected chi connectivity index (χ1v) is 9.50. The number of furan rings is 1. The van der Waals surface area contributed by atoms with Crippen LogP contribution in [0.15, 0.2) is 40.3 Å². The maximum atomic E-state index is 12.3. The lowest BCUT2D eigenvalue weighted by atomic mass is 10.2. The van der Waals surface area contributed by atoms with E-state index in [-0.39, 0.29) is 17.9 Å². The zero-order chi connectivity index (χ0) is 17.6. The fourth-order valence-electron chi connectivity index (χ4n) is 3.09. The summed E-state index contributed by atoms with van der Waals surface area (Å²) in [5.74, 6) is 0.386. The third-order valence-electron chi connectivity index (χ3n) is 4.68. The SMILES string of the molecule is C[C@@H](C(=O)NCCc1cccs1)[NH+]1CCN(C(=O)c2ccco2)CC1. The Labute approximate surface area is 151 Å². The van der Waals surface area contributed by atoms with Crippen LogP contribution in [0.25, 0.3) is 0 Å². The van der Waals surface area contributed by atoms with Crippen molar-refractivity contribution in [3.8, 4) is 0 Å². The summed E-state index contributed by atoms with van der Waals surface area (Å²) in [4.78, 5) is 28.9. The van der Waals surface area contributed by atoms with Crippen LogP contribution in [0.1, 0.15) is 22.4 Å². The number of nitrogens with zero attached hydrogens (tertiary/aromatic N) is 1. The van der Waals surface area contributed by atoms with E-state index in [1.807, 2.05) is 18.4 Å². The summed E-state index contributed by atoms with van der Waals surface area (Å²) in [5.41, 5.74) is 0. The van der Waals surface area contributed by atoms with Crippen molar-refractivity contribution >= 4 is 23.2 Å². The van der Waals surface area contributed by atoms with Gasteiger partial charge < -0.3 is 19.5 Å². The van der Waals surface area contributed by atoms with E-state index < -0.39 is 0 Å². The fourth-order valence-corrected chi connectivity index (χ4v) is 3.80. The molecule has 2 aromatic rings. The molecule has 3 rings (SSSR count). The molecule has 1 fully saturated rings. The Hall–Kier alpha value is -2.12. The smallest absolute Gasteiger partial charge is 0.289 e. The molecule has 0 bridgehead atoms. The minimum atomic E-state index is -0.107. The van der Waals surface area contributed by atoms with E-state index in [9.17, 15) is 9.59 Å². The molecule has 0 spiro atoms. The molecule has 3 heterocycles. The highest BCUT2D eigenvalue weighted by Crippen LogP contribution is 2.08. The predicted octanol–water partition coefficient (Wildman–Crippen LogP) is 0.429. The van der Waals surface area contributed by atoms with Crippen LogP contribution < -0.4 is 10.2 Å². The average molecular weight is 362 g/mol. The number of rotatable bonds is 6. The second-order valence-corrected chi connectivity index (χ2v) is 7.30. The highest BCUT2D eigenvalue weighted by Gasteiger charge is 2.31. The van der Waals surface area contributed by atoms with E-state index in [4.69, 9.17) is 4.42 Å². The van der Waals surface area contributed by atoms with Gasteiger partial charge in [-0.25, -0.2) is 0 Å². The summed E-state index contributed by atoms with van der Waals surface area (Å²) >= 11 is 1.71. The van der Waals surface area contributed by atoms with Crippen LogP contribution in [0.2, 0.25) is 0 Å². The van der Waals surface area contributed by atoms with Crippen LogP contribution in [0, 0.1) is 0 Å². The van der Waals surface area contributed by atoms with Crippen LogP contribution in [0.4, 0.5) is 0 Å². The van der Waals surface area contributed by atoms with Crippen molar-refractivity contribution in [3.05, 3.63) is 46.5 Å². The third-order valence-corrected chi connectivity index (χ3v) is 5.62. The van der Waals surface area contributed by atoms with Crippen LogP contribution in [-0.2, 0) is 11.2 Å². The van der Waals surface area contributed by atoms with Gasteiger partial charge >= 0.3 is 0 Å². The number of piperazine rings is 1. The van der Waals surface area contributed by atoms with Gasteiger partial charge in [-0.05, 0) is 36.9 Å². The lowest BCUT2D eigenvalue weighted by molar-refractivity contribution is -0.917. The number of amides is 2. The number of carbonyl (C=O) groups excluding carboxylic acids is 2. The molecule has 1 atom stereocenters. The van der Waals surface area contributed by atoms with E-state index in [2.05, 4.69) is 11.4 Å². The molecule has 7 heteroatoms. The van der Waals surface area contributed by atoms with Crippen molar-refractivity contribution in [1.82, 2.24) is 10.2 Å². The molecule has 2 amide bonds. The van der Waals surface area contributed by atoms with Gasteiger partial charge in [-0.2, -0.15) is 0 Å². The van der Waals surface area contributed by atoms with E-state index in [1.54, 1.807) is 28.4 Å². The molecule has 0 unspecified atom stereocenters. The first-order chi connectivity index (χ1) is 12.1. The molecule has 0 aliphatic carbocycles. The highest BCUT2D eigenvalue weighted by atomic mass is 32.1. The zero-order valence-electron chi connectivity index (χ0n) is 14.4. The van der Waals surface area contributed by atoms with E-state index in [0.29, 0.717) is 25.4 Å². The molecular formula is C18H24N3O3S+. The molecule has 6 nitrogen and oxygen atoms in total. The van der Waals surface area contributed by atoms with Gasteiger partial charge in [0.25, 0.3) is 11.8 Å². The normalized spacial score (nSPS) is 16.6. The first kappa shape index (κ1) is 17.7. The Morgan fingerprint density at radius 1 is 1.32 bits per heavy atom. The monoisotopic (exact) mass is 362 g/mol. The summed E-state index contributed by atoms with van der Waals surface area (Å²) in [5, 5.41) is 5.07. The Morgan fingerprint density at radius 3 is 2.76 bits per heavy atom. The number of thiophene rings is 1. The van der Waals surface area contributed by atoms with Crippen LogP contribution in [0.3, 0.4) is 0 Å². The lowest BCUT2D eigenvalue weighted by Gasteiger charge is -2.34. The number of quaternary nitrogens is 1. The Kier molecular flexibility index (Phi) is 5.88. The van der Waals surface area contributed by atoms with Gasteiger partial charge in [-0.15, -0.1) is 11.3 Å². The molecule has 1 aliphatic heterocycles. The lowest BCUT2D eigenvalue weighted by Crippen LogP contribution is -3.19. The van der Waals surface area contributed by atoms with Gasteiger partial charge in [0.2, 0.25) is 0 Å². The van der Waals surface area contributed by atoms with Crippen molar-refractivity contribution in [2.75, 3.05) is 32.7 Å². The Bertz CT molecular complexity index is 677. The molecule has 2 aromatic heterocycles. The summed E-state index contributed by atoms with van der Waals surface area (Å²) in [6, 6.07) is 7.41. The molecule has 0 saturated carbocycles. The maximum Gasteiger partial charge on any atom is 0.289 e. The van der Waals surface area contributed by atoms with Crippen molar-refractivity contribution < 1.29 is 18.9 Å². The largest absolute Gasteiger partial charge is 0.459 e. The molecule has 0 radical (unpaired) electrons. The van der Waals surface area contributed by atoms with Crippen molar-refractivity contribution in [1.29, 1.82) is 0 Å². The molecule has 25 heavy (non-hydrogen) atoms. The van der Waals surface area contributed by atoms with Crippen LogP contribution in [0.5, 0.6) is 0 Å². The fraction of sp³-hybridized carbons (Fsp3) is 0.444. The zero-order valence-corrected chi connectivity index (χ0v) is 15.2. The molecule has 0 aromatic carbocycles. The minimum Gasteiger partial charge on any atom is -0.459 e. The topological polar surface area (TPSA) is 67.0 Å². The van der Waals surface area contributed by atoms with E-state index >= 15 is 0 Å². The second-order valence-electron chi connectivity index (χ2n) is 6.27. The van der Waals surface area contributed by atoms with Crippen LogP contribution in [-0.4, -0.2) is 55.5 Å². The number of hydrogen-bond acceptors (Lipinski definition) is 4. The van der Waals surface area contributed by atoms with Crippen molar-refractivity contribution in [3.63, 3.8) is 0 Å². The predicted molar refractivity (Wildman–Crippen MR) is 95.8 cm³/mol. The maximum absolute atomic E-state index is 12.3. The number of hydrogen-bond donors (Lipinski definition) is 2. The van der Waals surface area contributed by atoms with Crippen LogP contribution >= 0.6 is 11.3 Å². The summed E-state index contributed by atoms with van der Waals surface area (Å²) < 4.78 is 5.17. The van der Waals surface area contributed by atoms with Gasteiger partial charge in [0, 0.05) is 11.4 Å². The molecule has 1 aliphatic rings. The van der Waals surface area contributed by atoms with Crippen molar-refractivity contribution in [2.45, 2.75) is 19.4 Å². The van der Waals surface area contributed by atoms with Crippen molar-refractivity contribution in [2.24, 2.45) is 0 Å².